The van der Waals surface area contributed by atoms with Gasteiger partial charge in [0.05, 0.1) is 17.4 Å². The summed E-state index contributed by atoms with van der Waals surface area (Å²) in [6, 6.07) is 4.87. The molecule has 1 aromatic heterocycles. The highest BCUT2D eigenvalue weighted by molar-refractivity contribution is 5.71. The lowest BCUT2D eigenvalue weighted by molar-refractivity contribution is 0.0127. The number of nitrogens with zero attached hydrogens (tertiary/aromatic N) is 3. The molecule has 0 unspecified atom stereocenters. The van der Waals surface area contributed by atoms with Crippen LogP contribution in [0.15, 0.2) is 18.2 Å². The molecule has 1 amide bonds. The van der Waals surface area contributed by atoms with Gasteiger partial charge < -0.3 is 15.4 Å². The van der Waals surface area contributed by atoms with Crippen molar-refractivity contribution in [3.8, 4) is 5.69 Å². The van der Waals surface area contributed by atoms with Gasteiger partial charge in [0.25, 0.3) is 0 Å². The zero-order chi connectivity index (χ0) is 21.4. The van der Waals surface area contributed by atoms with Crippen LogP contribution >= 0.6 is 0 Å². The molecule has 1 spiro atoms. The van der Waals surface area contributed by atoms with E-state index >= 15 is 0 Å². The Bertz CT molecular complexity index is 1030. The Kier molecular flexibility index (Phi) is 4.02. The third kappa shape index (κ3) is 3.06. The van der Waals surface area contributed by atoms with E-state index in [1.807, 2.05) is 33.8 Å². The zero-order valence-corrected chi connectivity index (χ0v) is 18.0. The van der Waals surface area contributed by atoms with E-state index in [1.165, 1.54) is 6.07 Å². The second-order valence-electron chi connectivity index (χ2n) is 10.1. The maximum atomic E-state index is 14.3. The SMILES string of the molecule is C[C@H]1c2c(nn(-c3ccc(F)c(C4CC4)c3)c2N)C2(CC2)CN1C(=O)OC(C)(C)C. The molecule has 2 heterocycles. The van der Waals surface area contributed by atoms with Gasteiger partial charge in [0.2, 0.25) is 0 Å². The van der Waals surface area contributed by atoms with Crippen molar-refractivity contribution in [3.05, 3.63) is 40.8 Å². The van der Waals surface area contributed by atoms with Gasteiger partial charge in [-0.2, -0.15) is 5.10 Å². The van der Waals surface area contributed by atoms with Crippen molar-refractivity contribution in [2.75, 3.05) is 12.3 Å². The number of ether oxygens (including phenoxy) is 1. The van der Waals surface area contributed by atoms with Gasteiger partial charge in [-0.05, 0) is 83.1 Å². The molecular weight excluding hydrogens is 383 g/mol. The fraction of sp³-hybridized carbons (Fsp3) is 0.565. The number of carbonyl (C=O) groups excluding carboxylic acids is 1. The van der Waals surface area contributed by atoms with Crippen LogP contribution in [0.2, 0.25) is 0 Å². The van der Waals surface area contributed by atoms with Gasteiger partial charge in [0.15, 0.2) is 0 Å². The minimum Gasteiger partial charge on any atom is -0.444 e. The Balaban J connectivity index is 1.55. The number of nitrogen functional groups attached to an aromatic ring is 1. The number of carbonyl (C=O) groups is 1. The molecule has 2 fully saturated rings. The van der Waals surface area contributed by atoms with Gasteiger partial charge >= 0.3 is 6.09 Å². The predicted octanol–water partition coefficient (Wildman–Crippen LogP) is 4.81. The third-order valence-corrected chi connectivity index (χ3v) is 6.54. The summed E-state index contributed by atoms with van der Waals surface area (Å²) in [5.74, 6) is 0.651. The number of hydrogen-bond donors (Lipinski definition) is 1. The maximum absolute atomic E-state index is 14.3. The molecule has 7 heteroatoms. The molecule has 6 nitrogen and oxygen atoms in total. The molecule has 0 radical (unpaired) electrons. The highest BCUT2D eigenvalue weighted by atomic mass is 19.1. The molecule has 160 valence electrons. The first-order valence-corrected chi connectivity index (χ1v) is 10.8. The standard InChI is InChI=1S/C23H29FN4O2/c1-13-18-19(23(9-10-23)12-27(13)21(29)30-22(2,3)4)26-28(20(18)25)15-7-8-17(24)16(11-15)14-5-6-14/h7-8,11,13-14H,5-6,9-10,12,25H2,1-4H3/t13-/m0/s1. The van der Waals surface area contributed by atoms with Crippen molar-refractivity contribution in [1.82, 2.24) is 14.7 Å². The van der Waals surface area contributed by atoms with Crippen LogP contribution in [0.3, 0.4) is 0 Å². The molecule has 1 atom stereocenters. The Morgan fingerprint density at radius 2 is 2.00 bits per heavy atom. The fourth-order valence-electron chi connectivity index (χ4n) is 4.60. The van der Waals surface area contributed by atoms with Gasteiger partial charge in [0.1, 0.15) is 17.2 Å². The van der Waals surface area contributed by atoms with Crippen LogP contribution in [-0.2, 0) is 10.2 Å². The van der Waals surface area contributed by atoms with E-state index in [0.29, 0.717) is 18.3 Å². The Morgan fingerprint density at radius 3 is 2.60 bits per heavy atom. The minimum absolute atomic E-state index is 0.155. The zero-order valence-electron chi connectivity index (χ0n) is 18.0. The summed E-state index contributed by atoms with van der Waals surface area (Å²) in [5.41, 5.74) is 9.26. The van der Waals surface area contributed by atoms with Crippen molar-refractivity contribution < 1.29 is 13.9 Å². The Hall–Kier alpha value is -2.57. The highest BCUT2D eigenvalue weighted by Gasteiger charge is 2.55. The molecular formula is C23H29FN4O2. The summed E-state index contributed by atoms with van der Waals surface area (Å²) in [6.45, 7) is 8.17. The molecule has 2 saturated carbocycles. The number of rotatable bonds is 2. The number of amides is 1. The van der Waals surface area contributed by atoms with Crippen molar-refractivity contribution in [1.29, 1.82) is 0 Å². The lowest BCUT2D eigenvalue weighted by Gasteiger charge is -2.38. The minimum atomic E-state index is -0.559. The normalized spacial score (nSPS) is 22.2. The molecule has 1 aliphatic heterocycles. The van der Waals surface area contributed by atoms with Crippen LogP contribution in [0.25, 0.3) is 5.69 Å². The van der Waals surface area contributed by atoms with E-state index in [2.05, 4.69) is 0 Å². The first kappa shape index (κ1) is 19.4. The summed E-state index contributed by atoms with van der Waals surface area (Å²) in [6.07, 6.45) is 3.67. The molecule has 3 aliphatic rings. The van der Waals surface area contributed by atoms with Crippen molar-refractivity contribution >= 4 is 11.9 Å². The van der Waals surface area contributed by atoms with E-state index in [-0.39, 0.29) is 23.4 Å². The van der Waals surface area contributed by atoms with Crippen molar-refractivity contribution in [2.45, 2.75) is 76.4 Å². The van der Waals surface area contributed by atoms with Gasteiger partial charge in [-0.25, -0.2) is 13.9 Å². The number of halogens is 1. The fourth-order valence-corrected chi connectivity index (χ4v) is 4.60. The summed E-state index contributed by atoms with van der Waals surface area (Å²) in [7, 11) is 0. The second kappa shape index (κ2) is 6.22. The molecule has 2 aliphatic carbocycles. The van der Waals surface area contributed by atoms with E-state index in [1.54, 1.807) is 15.6 Å². The van der Waals surface area contributed by atoms with Crippen LogP contribution in [-0.4, -0.2) is 32.9 Å². The number of benzene rings is 1. The quantitative estimate of drug-likeness (QED) is 0.768. The molecule has 30 heavy (non-hydrogen) atoms. The summed E-state index contributed by atoms with van der Waals surface area (Å²) >= 11 is 0. The first-order chi connectivity index (χ1) is 14.1. The number of aromatic nitrogens is 2. The first-order valence-electron chi connectivity index (χ1n) is 10.8. The summed E-state index contributed by atoms with van der Waals surface area (Å²) in [4.78, 5) is 14.7. The van der Waals surface area contributed by atoms with E-state index in [4.69, 9.17) is 15.6 Å². The largest absolute Gasteiger partial charge is 0.444 e. The number of anilines is 1. The third-order valence-electron chi connectivity index (χ3n) is 6.54. The van der Waals surface area contributed by atoms with E-state index < -0.39 is 5.60 Å². The molecule has 2 aromatic rings. The predicted molar refractivity (Wildman–Crippen MR) is 112 cm³/mol. The van der Waals surface area contributed by atoms with Gasteiger partial charge in [-0.3, -0.25) is 0 Å². The smallest absolute Gasteiger partial charge is 0.410 e. The van der Waals surface area contributed by atoms with Gasteiger partial charge in [0, 0.05) is 17.5 Å². The Labute approximate surface area is 176 Å². The van der Waals surface area contributed by atoms with Crippen LogP contribution in [0, 0.1) is 5.82 Å². The van der Waals surface area contributed by atoms with Crippen LogP contribution in [0.4, 0.5) is 15.0 Å². The number of fused-ring (bicyclic) bond motifs is 2. The summed E-state index contributed by atoms with van der Waals surface area (Å²) < 4.78 is 21.6. The molecule has 0 bridgehead atoms. The van der Waals surface area contributed by atoms with Crippen LogP contribution in [0.5, 0.6) is 0 Å². The maximum Gasteiger partial charge on any atom is 0.410 e. The molecule has 2 N–H and O–H groups in total. The summed E-state index contributed by atoms with van der Waals surface area (Å²) in [5, 5.41) is 4.90. The average molecular weight is 413 g/mol. The lowest BCUT2D eigenvalue weighted by Crippen LogP contribution is -2.46. The van der Waals surface area contributed by atoms with Crippen LogP contribution < -0.4 is 5.73 Å². The number of nitrogens with two attached hydrogens (primary N) is 1. The van der Waals surface area contributed by atoms with E-state index in [0.717, 1.165) is 48.2 Å². The van der Waals surface area contributed by atoms with Crippen molar-refractivity contribution in [3.63, 3.8) is 0 Å². The van der Waals surface area contributed by atoms with E-state index in [9.17, 15) is 9.18 Å². The Morgan fingerprint density at radius 1 is 1.30 bits per heavy atom. The lowest BCUT2D eigenvalue weighted by atomic mass is 9.89. The molecule has 5 rings (SSSR count). The topological polar surface area (TPSA) is 73.4 Å². The highest BCUT2D eigenvalue weighted by Crippen LogP contribution is 2.56. The van der Waals surface area contributed by atoms with Crippen molar-refractivity contribution in [2.24, 2.45) is 0 Å². The molecule has 1 aromatic carbocycles. The van der Waals surface area contributed by atoms with Gasteiger partial charge in [-0.15, -0.1) is 0 Å². The number of hydrogen-bond acceptors (Lipinski definition) is 4. The average Bonchev–Trinajstić information content (AvgIpc) is 3.57. The monoisotopic (exact) mass is 412 g/mol. The molecule has 0 saturated heterocycles. The second-order valence-corrected chi connectivity index (χ2v) is 10.1. The van der Waals surface area contributed by atoms with Crippen LogP contribution in [0.1, 0.15) is 82.2 Å². The van der Waals surface area contributed by atoms with Gasteiger partial charge in [-0.1, -0.05) is 0 Å².